The Morgan fingerprint density at radius 2 is 2.43 bits per heavy atom. The predicted molar refractivity (Wildman–Crippen MR) is 25.2 cm³/mol. The largest absolute Gasteiger partial charge is 0.304 e. The highest BCUT2D eigenvalue weighted by molar-refractivity contribution is 4.82. The zero-order valence-corrected chi connectivity index (χ0v) is 4.43. The summed E-state index contributed by atoms with van der Waals surface area (Å²) in [6, 6.07) is 1.71. The summed E-state index contributed by atoms with van der Waals surface area (Å²) in [7, 11) is 1.48. The van der Waals surface area contributed by atoms with Gasteiger partial charge in [-0.3, -0.25) is 0 Å². The summed E-state index contributed by atoms with van der Waals surface area (Å²) in [5.74, 6) is 0. The fourth-order valence-corrected chi connectivity index (χ4v) is 0.203. The number of nitrogens with zero attached hydrogens (tertiary/aromatic N) is 1. The van der Waals surface area contributed by atoms with Gasteiger partial charge in [-0.15, -0.1) is 0 Å². The van der Waals surface area contributed by atoms with Crippen molar-refractivity contribution in [3.05, 3.63) is 0 Å². The molecule has 3 nitrogen and oxygen atoms in total. The summed E-state index contributed by atoms with van der Waals surface area (Å²) in [4.78, 5) is 4.42. The van der Waals surface area contributed by atoms with E-state index < -0.39 is 0 Å². The lowest BCUT2D eigenvalue weighted by atomic mass is 10.4. The van der Waals surface area contributed by atoms with Gasteiger partial charge < -0.3 is 4.84 Å². The molecule has 0 saturated carbocycles. The Bertz CT molecular complexity index is 76.2. The lowest BCUT2D eigenvalue weighted by molar-refractivity contribution is 0.0801. The van der Waals surface area contributed by atoms with E-state index in [0.29, 0.717) is 0 Å². The van der Waals surface area contributed by atoms with Crippen molar-refractivity contribution in [2.75, 3.05) is 7.11 Å². The van der Waals surface area contributed by atoms with Crippen molar-refractivity contribution in [3.8, 4) is 6.07 Å². The van der Waals surface area contributed by atoms with Crippen LogP contribution in [0.15, 0.2) is 0 Å². The minimum Gasteiger partial charge on any atom is -0.304 e. The van der Waals surface area contributed by atoms with Gasteiger partial charge in [0, 0.05) is 0 Å². The summed E-state index contributed by atoms with van der Waals surface area (Å²) < 4.78 is 0. The standard InChI is InChI=1S/C4H8N2O/c1-4(3-5)6-7-2/h4,6H,1-2H3/t4-/m0/s1. The van der Waals surface area contributed by atoms with Crippen LogP contribution in [0.1, 0.15) is 6.92 Å². The summed E-state index contributed by atoms with van der Waals surface area (Å²) >= 11 is 0. The van der Waals surface area contributed by atoms with E-state index in [1.165, 1.54) is 7.11 Å². The van der Waals surface area contributed by atoms with Gasteiger partial charge >= 0.3 is 0 Å². The van der Waals surface area contributed by atoms with Crippen LogP contribution in [-0.4, -0.2) is 13.2 Å². The molecule has 0 aliphatic carbocycles. The van der Waals surface area contributed by atoms with Crippen LogP contribution in [0.4, 0.5) is 0 Å². The third-order valence-corrected chi connectivity index (χ3v) is 0.488. The van der Waals surface area contributed by atoms with Crippen LogP contribution in [0.5, 0.6) is 0 Å². The molecule has 1 N–H and O–H groups in total. The Balaban J connectivity index is 3.04. The first kappa shape index (κ1) is 6.41. The number of hydrogen-bond acceptors (Lipinski definition) is 3. The first-order valence-corrected chi connectivity index (χ1v) is 1.99. The van der Waals surface area contributed by atoms with E-state index >= 15 is 0 Å². The zero-order chi connectivity index (χ0) is 5.70. The van der Waals surface area contributed by atoms with Crippen LogP contribution < -0.4 is 5.48 Å². The Hall–Kier alpha value is -0.590. The summed E-state index contributed by atoms with van der Waals surface area (Å²) in [5.41, 5.74) is 2.43. The molecule has 0 heterocycles. The van der Waals surface area contributed by atoms with Crippen LogP contribution in [0.25, 0.3) is 0 Å². The fourth-order valence-electron chi connectivity index (χ4n) is 0.203. The molecule has 0 unspecified atom stereocenters. The van der Waals surface area contributed by atoms with Crippen LogP contribution >= 0.6 is 0 Å². The van der Waals surface area contributed by atoms with E-state index in [4.69, 9.17) is 5.26 Å². The van der Waals surface area contributed by atoms with Crippen molar-refractivity contribution in [2.24, 2.45) is 0 Å². The molecule has 0 aliphatic rings. The second-order valence-corrected chi connectivity index (χ2v) is 1.17. The molecule has 0 bridgehead atoms. The lowest BCUT2D eigenvalue weighted by Crippen LogP contribution is -2.22. The van der Waals surface area contributed by atoms with Crippen molar-refractivity contribution < 1.29 is 4.84 Å². The van der Waals surface area contributed by atoms with E-state index in [0.717, 1.165) is 0 Å². The number of hydroxylamine groups is 1. The smallest absolute Gasteiger partial charge is 0.116 e. The summed E-state index contributed by atoms with van der Waals surface area (Å²) in [6.45, 7) is 1.71. The highest BCUT2D eigenvalue weighted by Gasteiger charge is 1.91. The number of nitriles is 1. The van der Waals surface area contributed by atoms with Gasteiger partial charge in [-0.05, 0) is 6.92 Å². The minimum absolute atomic E-state index is 0.218. The maximum absolute atomic E-state index is 8.07. The van der Waals surface area contributed by atoms with Crippen molar-refractivity contribution >= 4 is 0 Å². The minimum atomic E-state index is -0.218. The molecule has 0 rings (SSSR count). The zero-order valence-electron chi connectivity index (χ0n) is 4.43. The Morgan fingerprint density at radius 1 is 1.86 bits per heavy atom. The average molecular weight is 100 g/mol. The summed E-state index contributed by atoms with van der Waals surface area (Å²) in [6.07, 6.45) is 0. The van der Waals surface area contributed by atoms with Gasteiger partial charge in [-0.25, -0.2) is 0 Å². The van der Waals surface area contributed by atoms with E-state index in [9.17, 15) is 0 Å². The molecule has 0 spiro atoms. The Morgan fingerprint density at radius 3 is 2.57 bits per heavy atom. The third-order valence-electron chi connectivity index (χ3n) is 0.488. The van der Waals surface area contributed by atoms with Gasteiger partial charge in [0.15, 0.2) is 0 Å². The summed E-state index contributed by atoms with van der Waals surface area (Å²) in [5, 5.41) is 8.07. The molecule has 0 saturated heterocycles. The topological polar surface area (TPSA) is 45.0 Å². The van der Waals surface area contributed by atoms with Crippen molar-refractivity contribution in [3.63, 3.8) is 0 Å². The molecule has 0 aromatic carbocycles. The first-order chi connectivity index (χ1) is 3.31. The quantitative estimate of drug-likeness (QED) is 0.499. The van der Waals surface area contributed by atoms with E-state index in [1.54, 1.807) is 6.92 Å². The molecule has 0 radical (unpaired) electrons. The number of hydrogen-bond donors (Lipinski definition) is 1. The van der Waals surface area contributed by atoms with Crippen molar-refractivity contribution in [1.29, 1.82) is 5.26 Å². The average Bonchev–Trinajstić information content (AvgIpc) is 1.68. The van der Waals surface area contributed by atoms with Gasteiger partial charge in [0.2, 0.25) is 0 Å². The van der Waals surface area contributed by atoms with E-state index in [2.05, 4.69) is 10.3 Å². The monoisotopic (exact) mass is 100 g/mol. The molecule has 0 aromatic heterocycles. The fraction of sp³-hybridized carbons (Fsp3) is 0.750. The molecule has 7 heavy (non-hydrogen) atoms. The Labute approximate surface area is 42.8 Å². The van der Waals surface area contributed by atoms with Gasteiger partial charge in [0.1, 0.15) is 6.04 Å². The molecule has 0 fully saturated rings. The highest BCUT2D eigenvalue weighted by atomic mass is 16.6. The maximum Gasteiger partial charge on any atom is 0.116 e. The number of nitrogens with one attached hydrogen (secondary N) is 1. The second kappa shape index (κ2) is 3.59. The van der Waals surface area contributed by atoms with Crippen LogP contribution in [0.3, 0.4) is 0 Å². The molecule has 3 heteroatoms. The normalized spacial score (nSPS) is 12.7. The molecule has 1 atom stereocenters. The Kier molecular flexibility index (Phi) is 3.29. The molecular weight excluding hydrogens is 92.1 g/mol. The van der Waals surface area contributed by atoms with E-state index in [1.807, 2.05) is 6.07 Å². The maximum atomic E-state index is 8.07. The number of rotatable bonds is 2. The second-order valence-electron chi connectivity index (χ2n) is 1.17. The van der Waals surface area contributed by atoms with Gasteiger partial charge in [0.25, 0.3) is 0 Å². The molecular formula is C4H8N2O. The SMILES string of the molecule is CON[C@@H](C)C#N. The third kappa shape index (κ3) is 3.23. The van der Waals surface area contributed by atoms with Gasteiger partial charge in [-0.2, -0.15) is 10.7 Å². The van der Waals surface area contributed by atoms with E-state index in [-0.39, 0.29) is 6.04 Å². The van der Waals surface area contributed by atoms with Gasteiger partial charge in [-0.1, -0.05) is 0 Å². The molecule has 0 aliphatic heterocycles. The van der Waals surface area contributed by atoms with Crippen LogP contribution in [0, 0.1) is 11.3 Å². The van der Waals surface area contributed by atoms with Crippen LogP contribution in [0.2, 0.25) is 0 Å². The van der Waals surface area contributed by atoms with Crippen LogP contribution in [-0.2, 0) is 4.84 Å². The highest BCUT2D eigenvalue weighted by Crippen LogP contribution is 1.71. The van der Waals surface area contributed by atoms with Gasteiger partial charge in [0.05, 0.1) is 13.2 Å². The molecule has 0 amide bonds. The lowest BCUT2D eigenvalue weighted by Gasteiger charge is -1.98. The first-order valence-electron chi connectivity index (χ1n) is 1.99. The van der Waals surface area contributed by atoms with Crippen molar-refractivity contribution in [2.45, 2.75) is 13.0 Å². The van der Waals surface area contributed by atoms with Crippen molar-refractivity contribution in [1.82, 2.24) is 5.48 Å². The predicted octanol–water partition coefficient (Wildman–Crippen LogP) is 0.0495. The molecule has 0 aromatic rings. The molecule has 40 valence electrons.